The minimum absolute atomic E-state index is 0.242. The highest BCUT2D eigenvalue weighted by atomic mass is 16.3. The summed E-state index contributed by atoms with van der Waals surface area (Å²) >= 11 is 0. The lowest BCUT2D eigenvalue weighted by Gasteiger charge is -2.08. The molecule has 6 heteroatoms. The SMILES string of the molecule is Cc1cnc(Nc2cnn(C3CC3)c2)nc1-c1ccc(O)cc1. The van der Waals surface area contributed by atoms with E-state index in [1.54, 1.807) is 24.5 Å². The zero-order valence-corrected chi connectivity index (χ0v) is 12.8. The first-order chi connectivity index (χ1) is 11.2. The van der Waals surface area contributed by atoms with Crippen LogP contribution in [0.25, 0.3) is 11.3 Å². The van der Waals surface area contributed by atoms with Crippen molar-refractivity contribution < 1.29 is 5.11 Å². The Bertz CT molecular complexity index is 836. The number of nitrogens with zero attached hydrogens (tertiary/aromatic N) is 4. The first-order valence-corrected chi connectivity index (χ1v) is 7.63. The van der Waals surface area contributed by atoms with E-state index in [1.165, 1.54) is 12.8 Å². The van der Waals surface area contributed by atoms with Gasteiger partial charge in [-0.2, -0.15) is 5.10 Å². The van der Waals surface area contributed by atoms with Gasteiger partial charge in [0.1, 0.15) is 5.75 Å². The minimum Gasteiger partial charge on any atom is -0.508 e. The fraction of sp³-hybridized carbons (Fsp3) is 0.235. The Balaban J connectivity index is 1.61. The summed E-state index contributed by atoms with van der Waals surface area (Å²) in [5, 5.41) is 17.0. The summed E-state index contributed by atoms with van der Waals surface area (Å²) in [7, 11) is 0. The molecule has 1 aliphatic rings. The van der Waals surface area contributed by atoms with E-state index in [1.807, 2.05) is 29.9 Å². The molecule has 3 aromatic rings. The molecule has 0 unspecified atom stereocenters. The molecule has 2 heterocycles. The van der Waals surface area contributed by atoms with Gasteiger partial charge in [-0.3, -0.25) is 4.68 Å². The van der Waals surface area contributed by atoms with Crippen molar-refractivity contribution in [3.05, 3.63) is 48.4 Å². The number of aryl methyl sites for hydroxylation is 1. The molecule has 0 amide bonds. The van der Waals surface area contributed by atoms with Gasteiger partial charge in [0, 0.05) is 18.0 Å². The molecular weight excluding hydrogens is 290 g/mol. The van der Waals surface area contributed by atoms with Gasteiger partial charge in [0.05, 0.1) is 23.6 Å². The lowest BCUT2D eigenvalue weighted by molar-refractivity contribution is 0.475. The molecule has 23 heavy (non-hydrogen) atoms. The van der Waals surface area contributed by atoms with Crippen molar-refractivity contribution >= 4 is 11.6 Å². The van der Waals surface area contributed by atoms with Crippen LogP contribution in [0.2, 0.25) is 0 Å². The molecule has 1 saturated carbocycles. The van der Waals surface area contributed by atoms with E-state index >= 15 is 0 Å². The number of benzene rings is 1. The molecule has 1 fully saturated rings. The van der Waals surface area contributed by atoms with Crippen molar-refractivity contribution in [2.24, 2.45) is 0 Å². The molecule has 0 saturated heterocycles. The lowest BCUT2D eigenvalue weighted by Crippen LogP contribution is -1.99. The molecule has 0 atom stereocenters. The molecule has 6 nitrogen and oxygen atoms in total. The summed E-state index contributed by atoms with van der Waals surface area (Å²) in [5.41, 5.74) is 3.66. The van der Waals surface area contributed by atoms with Crippen molar-refractivity contribution in [1.29, 1.82) is 0 Å². The maximum absolute atomic E-state index is 9.42. The van der Waals surface area contributed by atoms with Crippen LogP contribution in [-0.2, 0) is 0 Å². The predicted molar refractivity (Wildman–Crippen MR) is 87.7 cm³/mol. The highest BCUT2D eigenvalue weighted by Gasteiger charge is 2.24. The fourth-order valence-electron chi connectivity index (χ4n) is 2.48. The van der Waals surface area contributed by atoms with Crippen LogP contribution in [0.5, 0.6) is 5.75 Å². The molecule has 2 aromatic heterocycles. The number of phenols is 1. The van der Waals surface area contributed by atoms with Crippen LogP contribution in [0.3, 0.4) is 0 Å². The second-order valence-electron chi connectivity index (χ2n) is 5.84. The molecule has 2 N–H and O–H groups in total. The van der Waals surface area contributed by atoms with Crippen LogP contribution in [0, 0.1) is 6.92 Å². The molecule has 0 bridgehead atoms. The molecule has 0 aliphatic heterocycles. The summed E-state index contributed by atoms with van der Waals surface area (Å²) in [6, 6.07) is 7.56. The van der Waals surface area contributed by atoms with Crippen LogP contribution in [-0.4, -0.2) is 24.9 Å². The maximum Gasteiger partial charge on any atom is 0.227 e. The standard InChI is InChI=1S/C17H17N5O/c1-11-8-18-17(20-13-9-19-22(10-13)14-4-5-14)21-16(11)12-2-6-15(23)7-3-12/h2-3,6-10,14,23H,4-5H2,1H3,(H,18,20,21). The summed E-state index contributed by atoms with van der Waals surface area (Å²) < 4.78 is 1.98. The number of rotatable bonds is 4. The highest BCUT2D eigenvalue weighted by Crippen LogP contribution is 2.34. The molecule has 4 rings (SSSR count). The highest BCUT2D eigenvalue weighted by molar-refractivity contribution is 5.65. The zero-order valence-electron chi connectivity index (χ0n) is 12.8. The third-order valence-electron chi connectivity index (χ3n) is 3.89. The summed E-state index contributed by atoms with van der Waals surface area (Å²) in [6.45, 7) is 1.97. The van der Waals surface area contributed by atoms with Gasteiger partial charge in [-0.1, -0.05) is 0 Å². The number of phenolic OH excluding ortho intramolecular Hbond substituents is 1. The van der Waals surface area contributed by atoms with Gasteiger partial charge < -0.3 is 10.4 Å². The average Bonchev–Trinajstić information content (AvgIpc) is 3.30. The number of hydrogen-bond donors (Lipinski definition) is 2. The van der Waals surface area contributed by atoms with Gasteiger partial charge in [-0.25, -0.2) is 9.97 Å². The monoisotopic (exact) mass is 307 g/mol. The van der Waals surface area contributed by atoms with E-state index in [0.29, 0.717) is 12.0 Å². The summed E-state index contributed by atoms with van der Waals surface area (Å²) in [4.78, 5) is 8.93. The van der Waals surface area contributed by atoms with Gasteiger partial charge >= 0.3 is 0 Å². The molecule has 1 aliphatic carbocycles. The van der Waals surface area contributed by atoms with E-state index in [-0.39, 0.29) is 5.75 Å². The zero-order chi connectivity index (χ0) is 15.8. The second kappa shape index (κ2) is 5.39. The minimum atomic E-state index is 0.242. The number of aromatic nitrogens is 4. The quantitative estimate of drug-likeness (QED) is 0.772. The third kappa shape index (κ3) is 2.88. The van der Waals surface area contributed by atoms with Crippen LogP contribution in [0.1, 0.15) is 24.4 Å². The topological polar surface area (TPSA) is 75.9 Å². The Hall–Kier alpha value is -2.89. The van der Waals surface area contributed by atoms with Crippen molar-refractivity contribution in [2.45, 2.75) is 25.8 Å². The van der Waals surface area contributed by atoms with Gasteiger partial charge in [0.2, 0.25) is 5.95 Å². The third-order valence-corrected chi connectivity index (χ3v) is 3.89. The average molecular weight is 307 g/mol. The number of hydrogen-bond acceptors (Lipinski definition) is 5. The number of anilines is 2. The van der Waals surface area contributed by atoms with E-state index in [2.05, 4.69) is 20.4 Å². The smallest absolute Gasteiger partial charge is 0.227 e. The Morgan fingerprint density at radius 3 is 2.70 bits per heavy atom. The molecule has 0 spiro atoms. The largest absolute Gasteiger partial charge is 0.508 e. The van der Waals surface area contributed by atoms with Crippen molar-refractivity contribution in [3.63, 3.8) is 0 Å². The first kappa shape index (κ1) is 13.8. The summed E-state index contributed by atoms with van der Waals surface area (Å²) in [6.07, 6.45) is 7.98. The maximum atomic E-state index is 9.42. The van der Waals surface area contributed by atoms with Crippen LogP contribution in [0.4, 0.5) is 11.6 Å². The predicted octanol–water partition coefficient (Wildman–Crippen LogP) is 3.43. The van der Waals surface area contributed by atoms with Crippen molar-refractivity contribution in [2.75, 3.05) is 5.32 Å². The molecular formula is C17H17N5O. The van der Waals surface area contributed by atoms with E-state index in [0.717, 1.165) is 22.5 Å². The first-order valence-electron chi connectivity index (χ1n) is 7.63. The summed E-state index contributed by atoms with van der Waals surface area (Å²) in [5.74, 6) is 0.778. The van der Waals surface area contributed by atoms with E-state index in [9.17, 15) is 5.11 Å². The van der Waals surface area contributed by atoms with Crippen molar-refractivity contribution in [3.8, 4) is 17.0 Å². The Kier molecular flexibility index (Phi) is 3.22. The van der Waals surface area contributed by atoms with Crippen LogP contribution in [0.15, 0.2) is 42.9 Å². The van der Waals surface area contributed by atoms with E-state index < -0.39 is 0 Å². The molecule has 116 valence electrons. The molecule has 1 aromatic carbocycles. The van der Waals surface area contributed by atoms with Gasteiger partial charge in [-0.05, 0) is 49.6 Å². The Labute approximate surface area is 133 Å². The fourth-order valence-corrected chi connectivity index (χ4v) is 2.48. The number of aromatic hydroxyl groups is 1. The van der Waals surface area contributed by atoms with E-state index in [4.69, 9.17) is 0 Å². The van der Waals surface area contributed by atoms with Crippen LogP contribution < -0.4 is 5.32 Å². The Morgan fingerprint density at radius 2 is 1.96 bits per heavy atom. The van der Waals surface area contributed by atoms with Crippen LogP contribution >= 0.6 is 0 Å². The normalized spacial score (nSPS) is 14.0. The second-order valence-corrected chi connectivity index (χ2v) is 5.84. The Morgan fingerprint density at radius 1 is 1.17 bits per heavy atom. The van der Waals surface area contributed by atoms with Gasteiger partial charge in [-0.15, -0.1) is 0 Å². The van der Waals surface area contributed by atoms with Crippen molar-refractivity contribution in [1.82, 2.24) is 19.7 Å². The van der Waals surface area contributed by atoms with Gasteiger partial charge in [0.15, 0.2) is 0 Å². The van der Waals surface area contributed by atoms with Gasteiger partial charge in [0.25, 0.3) is 0 Å². The number of nitrogens with one attached hydrogen (secondary N) is 1. The molecule has 0 radical (unpaired) electrons. The lowest BCUT2D eigenvalue weighted by atomic mass is 10.1.